The number of carbonyl (C=O) groups excluding carboxylic acids is 1. The molecule has 0 aliphatic carbocycles. The standard InChI is InChI=1S/C34H40N4O2/c1-24-9-8-10-25(2)32(24)26-15-17-36(18-16-26)23-28-27-11-4-5-12-29(27)35-33(28)34(39)38-21-19-37(20-22-38)30-13-6-7-14-31(30)40-3/h4-14,26,35H,15-23H2,1-3H3. The predicted molar refractivity (Wildman–Crippen MR) is 163 cm³/mol. The van der Waals surface area contributed by atoms with Crippen LogP contribution >= 0.6 is 0 Å². The minimum absolute atomic E-state index is 0.108. The molecule has 0 radical (unpaired) electrons. The molecule has 1 amide bonds. The van der Waals surface area contributed by atoms with Gasteiger partial charge < -0.3 is 19.5 Å². The van der Waals surface area contributed by atoms with Gasteiger partial charge in [0.1, 0.15) is 11.4 Å². The van der Waals surface area contributed by atoms with Gasteiger partial charge in [-0.15, -0.1) is 0 Å². The third-order valence-electron chi connectivity index (χ3n) is 8.94. The highest BCUT2D eigenvalue weighted by Crippen LogP contribution is 2.34. The quantitative estimate of drug-likeness (QED) is 0.322. The second-order valence-electron chi connectivity index (χ2n) is 11.3. The minimum Gasteiger partial charge on any atom is -0.495 e. The topological polar surface area (TPSA) is 51.8 Å². The number of likely N-dealkylation sites (tertiary alicyclic amines) is 1. The van der Waals surface area contributed by atoms with Gasteiger partial charge in [-0.1, -0.05) is 48.5 Å². The third-order valence-corrected chi connectivity index (χ3v) is 8.94. The van der Waals surface area contributed by atoms with E-state index < -0.39 is 0 Å². The van der Waals surface area contributed by atoms with Gasteiger partial charge in [-0.25, -0.2) is 0 Å². The molecule has 2 fully saturated rings. The number of amides is 1. The van der Waals surface area contributed by atoms with Crippen molar-refractivity contribution < 1.29 is 9.53 Å². The number of aromatic amines is 1. The van der Waals surface area contributed by atoms with Crippen molar-refractivity contribution in [3.05, 3.63) is 94.7 Å². The largest absolute Gasteiger partial charge is 0.495 e. The van der Waals surface area contributed by atoms with E-state index >= 15 is 0 Å². The van der Waals surface area contributed by atoms with Gasteiger partial charge in [0, 0.05) is 49.2 Å². The van der Waals surface area contributed by atoms with Crippen molar-refractivity contribution in [3.8, 4) is 5.75 Å². The Morgan fingerprint density at radius 3 is 2.25 bits per heavy atom. The molecule has 6 nitrogen and oxygen atoms in total. The molecule has 3 aromatic carbocycles. The van der Waals surface area contributed by atoms with E-state index in [9.17, 15) is 4.79 Å². The fraction of sp³-hybridized carbons (Fsp3) is 0.382. The Morgan fingerprint density at radius 2 is 1.52 bits per heavy atom. The first kappa shape index (κ1) is 26.5. The van der Waals surface area contributed by atoms with Crippen molar-refractivity contribution in [2.24, 2.45) is 0 Å². The van der Waals surface area contributed by atoms with E-state index in [0.717, 1.165) is 79.2 Å². The zero-order valence-corrected chi connectivity index (χ0v) is 24.0. The van der Waals surface area contributed by atoms with Crippen molar-refractivity contribution in [1.29, 1.82) is 0 Å². The molecule has 208 valence electrons. The summed E-state index contributed by atoms with van der Waals surface area (Å²) in [4.78, 5) is 24.3. The first-order valence-corrected chi connectivity index (χ1v) is 14.6. The summed E-state index contributed by atoms with van der Waals surface area (Å²) in [5, 5.41) is 1.16. The van der Waals surface area contributed by atoms with Crippen LogP contribution < -0.4 is 9.64 Å². The van der Waals surface area contributed by atoms with Gasteiger partial charge in [0.05, 0.1) is 12.8 Å². The number of aromatic nitrogens is 1. The highest BCUT2D eigenvalue weighted by molar-refractivity contribution is 6.01. The molecule has 2 aliphatic rings. The lowest BCUT2D eigenvalue weighted by Crippen LogP contribution is -2.49. The van der Waals surface area contributed by atoms with Crippen LogP contribution in [0.3, 0.4) is 0 Å². The van der Waals surface area contributed by atoms with E-state index in [1.165, 1.54) is 16.7 Å². The summed E-state index contributed by atoms with van der Waals surface area (Å²) in [7, 11) is 1.71. The van der Waals surface area contributed by atoms with Crippen LogP contribution in [0.2, 0.25) is 0 Å². The van der Waals surface area contributed by atoms with Crippen LogP contribution in [0.25, 0.3) is 10.9 Å². The minimum atomic E-state index is 0.108. The van der Waals surface area contributed by atoms with Crippen LogP contribution in [-0.4, -0.2) is 67.1 Å². The number of rotatable bonds is 6. The molecule has 2 aliphatic heterocycles. The lowest BCUT2D eigenvalue weighted by molar-refractivity contribution is 0.0739. The van der Waals surface area contributed by atoms with Crippen molar-refractivity contribution in [3.63, 3.8) is 0 Å². The van der Waals surface area contributed by atoms with Gasteiger partial charge in [0.25, 0.3) is 5.91 Å². The number of hydrogen-bond donors (Lipinski definition) is 1. The second-order valence-corrected chi connectivity index (χ2v) is 11.3. The van der Waals surface area contributed by atoms with Crippen LogP contribution in [0.4, 0.5) is 5.69 Å². The number of methoxy groups -OCH3 is 1. The van der Waals surface area contributed by atoms with E-state index in [2.05, 4.69) is 71.1 Å². The average Bonchev–Trinajstić information content (AvgIpc) is 3.35. The summed E-state index contributed by atoms with van der Waals surface area (Å²) in [6, 6.07) is 23.1. The Bertz CT molecular complexity index is 1470. The summed E-state index contributed by atoms with van der Waals surface area (Å²) < 4.78 is 5.58. The van der Waals surface area contributed by atoms with E-state index in [0.29, 0.717) is 19.0 Å². The SMILES string of the molecule is COc1ccccc1N1CCN(C(=O)c2[nH]c3ccccc3c2CN2CCC(c3c(C)cccc3C)CC2)CC1. The average molecular weight is 537 g/mol. The smallest absolute Gasteiger partial charge is 0.270 e. The van der Waals surface area contributed by atoms with E-state index in [4.69, 9.17) is 4.74 Å². The van der Waals surface area contributed by atoms with E-state index in [1.807, 2.05) is 29.2 Å². The molecule has 0 spiro atoms. The van der Waals surface area contributed by atoms with Crippen LogP contribution in [0.15, 0.2) is 66.7 Å². The number of ether oxygens (including phenoxy) is 1. The Morgan fingerprint density at radius 1 is 0.850 bits per heavy atom. The van der Waals surface area contributed by atoms with Gasteiger partial charge in [0.2, 0.25) is 0 Å². The number of aryl methyl sites for hydroxylation is 2. The zero-order chi connectivity index (χ0) is 27.6. The number of piperidine rings is 1. The number of nitrogens with one attached hydrogen (secondary N) is 1. The lowest BCUT2D eigenvalue weighted by Gasteiger charge is -2.37. The summed E-state index contributed by atoms with van der Waals surface area (Å²) in [5.41, 5.74) is 8.38. The van der Waals surface area contributed by atoms with E-state index in [1.54, 1.807) is 7.11 Å². The summed E-state index contributed by atoms with van der Waals surface area (Å²) >= 11 is 0. The molecule has 0 unspecified atom stereocenters. The van der Waals surface area contributed by atoms with Gasteiger partial charge in [-0.2, -0.15) is 0 Å². The number of nitrogens with zero attached hydrogens (tertiary/aromatic N) is 3. The maximum atomic E-state index is 13.9. The number of hydrogen-bond acceptors (Lipinski definition) is 4. The maximum Gasteiger partial charge on any atom is 0.270 e. The number of fused-ring (bicyclic) bond motifs is 1. The monoisotopic (exact) mass is 536 g/mol. The van der Waals surface area contributed by atoms with Gasteiger partial charge in [-0.05, 0) is 80.6 Å². The molecule has 0 bridgehead atoms. The Hall–Kier alpha value is -3.77. The molecular weight excluding hydrogens is 496 g/mol. The number of anilines is 1. The Labute approximate surface area is 237 Å². The number of benzene rings is 3. The molecule has 2 saturated heterocycles. The second kappa shape index (κ2) is 11.4. The summed E-state index contributed by atoms with van der Waals surface area (Å²) in [6.45, 7) is 10.3. The molecule has 1 N–H and O–H groups in total. The van der Waals surface area contributed by atoms with Crippen LogP contribution in [-0.2, 0) is 6.54 Å². The lowest BCUT2D eigenvalue weighted by atomic mass is 9.84. The van der Waals surface area contributed by atoms with Crippen molar-refractivity contribution in [2.75, 3.05) is 51.3 Å². The summed E-state index contributed by atoms with van der Waals surface area (Å²) in [5.74, 6) is 1.60. The highest BCUT2D eigenvalue weighted by atomic mass is 16.5. The van der Waals surface area contributed by atoms with Gasteiger partial charge in [-0.3, -0.25) is 9.69 Å². The Balaban J connectivity index is 1.17. The molecule has 4 aromatic rings. The fourth-order valence-corrected chi connectivity index (χ4v) is 6.82. The number of piperazine rings is 1. The molecule has 1 aromatic heterocycles. The first-order valence-electron chi connectivity index (χ1n) is 14.6. The van der Waals surface area contributed by atoms with Crippen LogP contribution in [0, 0.1) is 13.8 Å². The number of para-hydroxylation sites is 3. The third kappa shape index (κ3) is 5.08. The number of carbonyl (C=O) groups is 1. The normalized spacial score (nSPS) is 17.0. The maximum absolute atomic E-state index is 13.9. The van der Waals surface area contributed by atoms with Gasteiger partial charge >= 0.3 is 0 Å². The van der Waals surface area contributed by atoms with Crippen molar-refractivity contribution in [2.45, 2.75) is 39.2 Å². The first-order chi connectivity index (χ1) is 19.5. The predicted octanol–water partition coefficient (Wildman–Crippen LogP) is 6.14. The molecular formula is C34H40N4O2. The molecule has 0 atom stereocenters. The van der Waals surface area contributed by atoms with Crippen LogP contribution in [0.1, 0.15) is 51.5 Å². The molecule has 6 rings (SSSR count). The summed E-state index contributed by atoms with van der Waals surface area (Å²) in [6.07, 6.45) is 2.31. The van der Waals surface area contributed by atoms with Crippen molar-refractivity contribution >= 4 is 22.5 Å². The highest BCUT2D eigenvalue weighted by Gasteiger charge is 2.29. The molecule has 6 heteroatoms. The van der Waals surface area contributed by atoms with Gasteiger partial charge in [0.15, 0.2) is 0 Å². The van der Waals surface area contributed by atoms with Crippen molar-refractivity contribution in [1.82, 2.24) is 14.8 Å². The number of H-pyrrole nitrogens is 1. The zero-order valence-electron chi connectivity index (χ0n) is 24.0. The fourth-order valence-electron chi connectivity index (χ4n) is 6.82. The molecule has 3 heterocycles. The van der Waals surface area contributed by atoms with E-state index in [-0.39, 0.29) is 5.91 Å². The van der Waals surface area contributed by atoms with Crippen LogP contribution in [0.5, 0.6) is 5.75 Å². The molecule has 40 heavy (non-hydrogen) atoms. The molecule has 0 saturated carbocycles. The Kier molecular flexibility index (Phi) is 7.53.